The van der Waals surface area contributed by atoms with Gasteiger partial charge in [0.05, 0.1) is 24.7 Å². The summed E-state index contributed by atoms with van der Waals surface area (Å²) in [6.07, 6.45) is 2.16. The topological polar surface area (TPSA) is 52.6 Å². The van der Waals surface area contributed by atoms with E-state index in [1.54, 1.807) is 12.1 Å². The summed E-state index contributed by atoms with van der Waals surface area (Å²) in [5.41, 5.74) is 0.773. The van der Waals surface area contributed by atoms with Gasteiger partial charge in [-0.1, -0.05) is 25.5 Å². The Kier molecular flexibility index (Phi) is 7.38. The molecule has 0 saturated carbocycles. The molecule has 1 aromatic carbocycles. The highest BCUT2D eigenvalue weighted by Gasteiger charge is 2.09. The second kappa shape index (κ2) is 8.53. The van der Waals surface area contributed by atoms with Gasteiger partial charge in [0.25, 0.3) is 9.05 Å². The lowest BCUT2D eigenvalue weighted by atomic mass is 10.2. The van der Waals surface area contributed by atoms with Crippen molar-refractivity contribution in [3.8, 4) is 0 Å². The minimum atomic E-state index is -3.68. The van der Waals surface area contributed by atoms with E-state index in [1.165, 1.54) is 12.1 Å². The van der Waals surface area contributed by atoms with Gasteiger partial charge in [0, 0.05) is 17.3 Å². The molecule has 0 fully saturated rings. The molecule has 0 radical (unpaired) electrons. The fraction of sp³-hybridized carbons (Fsp3) is 0.538. The van der Waals surface area contributed by atoms with E-state index in [9.17, 15) is 8.42 Å². The number of hydrogen-bond donors (Lipinski definition) is 0. The maximum Gasteiger partial charge on any atom is 0.261 e. The first-order valence-corrected chi connectivity index (χ1v) is 8.54. The first-order valence-electron chi connectivity index (χ1n) is 6.23. The Labute approximate surface area is 119 Å². The Morgan fingerprint density at radius 2 is 1.89 bits per heavy atom. The molecule has 108 valence electrons. The van der Waals surface area contributed by atoms with Crippen molar-refractivity contribution in [1.82, 2.24) is 0 Å². The molecule has 0 atom stereocenters. The van der Waals surface area contributed by atoms with Crippen LogP contribution in [0.5, 0.6) is 0 Å². The Morgan fingerprint density at radius 1 is 1.16 bits per heavy atom. The zero-order chi connectivity index (χ0) is 14.1. The lowest BCUT2D eigenvalue weighted by Crippen LogP contribution is -2.05. The van der Waals surface area contributed by atoms with Gasteiger partial charge < -0.3 is 9.47 Å². The van der Waals surface area contributed by atoms with E-state index in [0.717, 1.165) is 25.0 Å². The number of rotatable bonds is 9. The van der Waals surface area contributed by atoms with Crippen molar-refractivity contribution in [1.29, 1.82) is 0 Å². The standard InChI is InChI=1S/C13H19ClO4S/c1-2-3-7-17-8-9-18-11-12-5-4-6-13(10-12)19(14,15)16/h4-6,10H,2-3,7-9,11H2,1H3. The van der Waals surface area contributed by atoms with E-state index in [-0.39, 0.29) is 4.90 Å². The molecule has 0 spiro atoms. The highest BCUT2D eigenvalue weighted by atomic mass is 35.7. The fourth-order valence-corrected chi connectivity index (χ4v) is 2.26. The van der Waals surface area contributed by atoms with Gasteiger partial charge in [0.15, 0.2) is 0 Å². The molecule has 1 aromatic rings. The second-order valence-corrected chi connectivity index (χ2v) is 6.67. The van der Waals surface area contributed by atoms with E-state index in [4.69, 9.17) is 20.2 Å². The van der Waals surface area contributed by atoms with Gasteiger partial charge in [-0.2, -0.15) is 0 Å². The van der Waals surface area contributed by atoms with Crippen molar-refractivity contribution >= 4 is 19.7 Å². The molecular formula is C13H19ClO4S. The fourth-order valence-electron chi connectivity index (χ4n) is 1.44. The van der Waals surface area contributed by atoms with Crippen molar-refractivity contribution in [3.63, 3.8) is 0 Å². The third kappa shape index (κ3) is 6.92. The molecule has 0 aromatic heterocycles. The Morgan fingerprint density at radius 3 is 2.58 bits per heavy atom. The first-order chi connectivity index (χ1) is 9.04. The zero-order valence-corrected chi connectivity index (χ0v) is 12.5. The predicted octanol–water partition coefficient (Wildman–Crippen LogP) is 2.95. The summed E-state index contributed by atoms with van der Waals surface area (Å²) in [6, 6.07) is 6.41. The smallest absolute Gasteiger partial charge is 0.261 e. The number of ether oxygens (including phenoxy) is 2. The van der Waals surface area contributed by atoms with Crippen molar-refractivity contribution in [3.05, 3.63) is 29.8 Å². The third-order valence-electron chi connectivity index (χ3n) is 2.46. The summed E-state index contributed by atoms with van der Waals surface area (Å²) in [5, 5.41) is 0. The summed E-state index contributed by atoms with van der Waals surface area (Å²) in [5.74, 6) is 0. The van der Waals surface area contributed by atoms with Crippen molar-refractivity contribution < 1.29 is 17.9 Å². The van der Waals surface area contributed by atoms with Crippen LogP contribution in [-0.2, 0) is 25.1 Å². The van der Waals surface area contributed by atoms with Crippen LogP contribution in [-0.4, -0.2) is 28.2 Å². The van der Waals surface area contributed by atoms with Crippen LogP contribution in [0, 0.1) is 0 Å². The van der Waals surface area contributed by atoms with Gasteiger partial charge in [-0.05, 0) is 24.1 Å². The molecule has 1 rings (SSSR count). The zero-order valence-electron chi connectivity index (χ0n) is 11.0. The van der Waals surface area contributed by atoms with Crippen LogP contribution in [0.4, 0.5) is 0 Å². The van der Waals surface area contributed by atoms with E-state index in [1.807, 2.05) is 0 Å². The molecule has 19 heavy (non-hydrogen) atoms. The first kappa shape index (κ1) is 16.4. The largest absolute Gasteiger partial charge is 0.379 e. The normalized spacial score (nSPS) is 11.7. The maximum atomic E-state index is 11.2. The minimum absolute atomic E-state index is 0.0921. The molecule has 0 amide bonds. The van der Waals surface area contributed by atoms with E-state index >= 15 is 0 Å². The monoisotopic (exact) mass is 306 g/mol. The summed E-state index contributed by atoms with van der Waals surface area (Å²) in [4.78, 5) is 0.0921. The molecule has 0 saturated heterocycles. The molecular weight excluding hydrogens is 288 g/mol. The SMILES string of the molecule is CCCCOCCOCc1cccc(S(=O)(=O)Cl)c1. The van der Waals surface area contributed by atoms with Gasteiger partial charge >= 0.3 is 0 Å². The summed E-state index contributed by atoms with van der Waals surface area (Å²) < 4.78 is 33.1. The molecule has 0 aliphatic heterocycles. The average molecular weight is 307 g/mol. The van der Waals surface area contributed by atoms with Gasteiger partial charge in [-0.25, -0.2) is 8.42 Å². The molecule has 0 aliphatic carbocycles. The van der Waals surface area contributed by atoms with E-state index < -0.39 is 9.05 Å². The lowest BCUT2D eigenvalue weighted by molar-refractivity contribution is 0.0396. The maximum absolute atomic E-state index is 11.2. The number of halogens is 1. The van der Waals surface area contributed by atoms with Crippen LogP contribution in [0.2, 0.25) is 0 Å². The molecule has 6 heteroatoms. The van der Waals surface area contributed by atoms with Crippen LogP contribution in [0.3, 0.4) is 0 Å². The van der Waals surface area contributed by atoms with Gasteiger partial charge in [0.2, 0.25) is 0 Å². The Bertz CT molecular complexity index is 473. The summed E-state index contributed by atoms with van der Waals surface area (Å²) >= 11 is 0. The average Bonchev–Trinajstić information content (AvgIpc) is 2.37. The Balaban J connectivity index is 2.30. The predicted molar refractivity (Wildman–Crippen MR) is 74.9 cm³/mol. The molecule has 0 unspecified atom stereocenters. The minimum Gasteiger partial charge on any atom is -0.379 e. The van der Waals surface area contributed by atoms with Crippen LogP contribution in [0.15, 0.2) is 29.2 Å². The van der Waals surface area contributed by atoms with E-state index in [2.05, 4.69) is 6.92 Å². The molecule has 0 heterocycles. The number of benzene rings is 1. The number of unbranched alkanes of at least 4 members (excludes halogenated alkanes) is 1. The van der Waals surface area contributed by atoms with Crippen LogP contribution >= 0.6 is 10.7 Å². The Hall–Kier alpha value is -0.620. The van der Waals surface area contributed by atoms with Crippen LogP contribution < -0.4 is 0 Å². The lowest BCUT2D eigenvalue weighted by Gasteiger charge is -2.06. The van der Waals surface area contributed by atoms with Crippen molar-refractivity contribution in [2.24, 2.45) is 0 Å². The highest BCUT2D eigenvalue weighted by Crippen LogP contribution is 2.16. The van der Waals surface area contributed by atoms with Crippen molar-refractivity contribution in [2.75, 3.05) is 19.8 Å². The highest BCUT2D eigenvalue weighted by molar-refractivity contribution is 8.13. The van der Waals surface area contributed by atoms with Gasteiger partial charge in [-0.3, -0.25) is 0 Å². The van der Waals surface area contributed by atoms with Crippen LogP contribution in [0.25, 0.3) is 0 Å². The summed E-state index contributed by atoms with van der Waals surface area (Å²) in [7, 11) is 1.60. The number of hydrogen-bond acceptors (Lipinski definition) is 4. The van der Waals surface area contributed by atoms with Crippen LogP contribution in [0.1, 0.15) is 25.3 Å². The van der Waals surface area contributed by atoms with Gasteiger partial charge in [0.1, 0.15) is 0 Å². The van der Waals surface area contributed by atoms with Gasteiger partial charge in [-0.15, -0.1) is 0 Å². The molecule has 4 nitrogen and oxygen atoms in total. The quantitative estimate of drug-likeness (QED) is 0.520. The molecule has 0 N–H and O–H groups in total. The second-order valence-electron chi connectivity index (χ2n) is 4.10. The molecule has 0 bridgehead atoms. The summed E-state index contributed by atoms with van der Waals surface area (Å²) in [6.45, 7) is 4.24. The van der Waals surface area contributed by atoms with Crippen molar-refractivity contribution in [2.45, 2.75) is 31.3 Å². The van der Waals surface area contributed by atoms with E-state index in [0.29, 0.717) is 19.8 Å². The molecule has 0 aliphatic rings. The third-order valence-corrected chi connectivity index (χ3v) is 3.81.